The molecular weight excluding hydrogens is 358 g/mol. The minimum absolute atomic E-state index is 0.000167. The minimum atomic E-state index is -0.872. The lowest BCUT2D eigenvalue weighted by Crippen LogP contribution is -2.44. The van der Waals surface area contributed by atoms with Gasteiger partial charge in [-0.2, -0.15) is 0 Å². The number of ether oxygens (including phenoxy) is 1. The second kappa shape index (κ2) is 8.02. The fourth-order valence-corrected chi connectivity index (χ4v) is 3.34. The highest BCUT2D eigenvalue weighted by Crippen LogP contribution is 2.37. The van der Waals surface area contributed by atoms with Crippen molar-refractivity contribution in [1.29, 1.82) is 0 Å². The van der Waals surface area contributed by atoms with Gasteiger partial charge in [-0.05, 0) is 25.0 Å². The molecule has 2 aliphatic rings. The third kappa shape index (κ3) is 4.15. The van der Waals surface area contributed by atoms with E-state index < -0.39 is 30.9 Å². The van der Waals surface area contributed by atoms with E-state index >= 15 is 0 Å². The van der Waals surface area contributed by atoms with Crippen molar-refractivity contribution >= 4 is 29.6 Å². The monoisotopic (exact) mass is 377 g/mol. The largest absolute Gasteiger partial charge is 0.459 e. The van der Waals surface area contributed by atoms with Gasteiger partial charge in [0.25, 0.3) is 5.91 Å². The number of furan rings is 1. The maximum atomic E-state index is 12.3. The Morgan fingerprint density at radius 1 is 1.11 bits per heavy atom. The van der Waals surface area contributed by atoms with E-state index in [1.54, 1.807) is 0 Å². The van der Waals surface area contributed by atoms with Crippen LogP contribution in [0.15, 0.2) is 22.8 Å². The molecule has 4 amide bonds. The first-order valence-corrected chi connectivity index (χ1v) is 8.61. The highest BCUT2D eigenvalue weighted by molar-refractivity contribution is 6.07. The predicted octanol–water partition coefficient (Wildman–Crippen LogP) is -0.241. The maximum absolute atomic E-state index is 12.3. The molecular formula is C17H19N3O7. The number of nitrogens with zero attached hydrogens (tertiary/aromatic N) is 1. The van der Waals surface area contributed by atoms with E-state index in [0.717, 1.165) is 17.7 Å². The van der Waals surface area contributed by atoms with Crippen molar-refractivity contribution in [2.45, 2.75) is 25.7 Å². The summed E-state index contributed by atoms with van der Waals surface area (Å²) in [6, 6.07) is 2.92. The zero-order chi connectivity index (χ0) is 19.4. The molecule has 0 aromatic carbocycles. The molecule has 0 bridgehead atoms. The number of amides is 4. The molecule has 27 heavy (non-hydrogen) atoms. The van der Waals surface area contributed by atoms with E-state index in [9.17, 15) is 24.0 Å². The molecule has 1 aliphatic heterocycles. The third-order valence-electron chi connectivity index (χ3n) is 4.64. The molecule has 10 heteroatoms. The summed E-state index contributed by atoms with van der Waals surface area (Å²) in [5.74, 6) is -3.72. The van der Waals surface area contributed by atoms with Gasteiger partial charge in [0.15, 0.2) is 12.4 Å². The molecule has 0 unspecified atom stereocenters. The van der Waals surface area contributed by atoms with E-state index in [1.165, 1.54) is 18.4 Å². The summed E-state index contributed by atoms with van der Waals surface area (Å²) in [4.78, 5) is 60.5. The van der Waals surface area contributed by atoms with Crippen molar-refractivity contribution in [3.63, 3.8) is 0 Å². The Morgan fingerprint density at radius 2 is 1.78 bits per heavy atom. The number of hydrazine groups is 1. The lowest BCUT2D eigenvalue weighted by molar-refractivity contribution is -0.155. The van der Waals surface area contributed by atoms with Gasteiger partial charge in [-0.25, -0.2) is 0 Å². The summed E-state index contributed by atoms with van der Waals surface area (Å²) in [7, 11) is 0. The van der Waals surface area contributed by atoms with Gasteiger partial charge in [0, 0.05) is 0 Å². The summed E-state index contributed by atoms with van der Waals surface area (Å²) < 4.78 is 9.61. The fraction of sp³-hybridized carbons (Fsp3) is 0.471. The van der Waals surface area contributed by atoms with Gasteiger partial charge in [-0.3, -0.25) is 39.7 Å². The van der Waals surface area contributed by atoms with E-state index in [-0.39, 0.29) is 29.4 Å². The van der Waals surface area contributed by atoms with Gasteiger partial charge in [0.2, 0.25) is 11.8 Å². The Kier molecular flexibility index (Phi) is 5.53. The number of imide groups is 1. The van der Waals surface area contributed by atoms with Crippen LogP contribution in [0.1, 0.15) is 36.2 Å². The minimum Gasteiger partial charge on any atom is -0.459 e. The molecule has 0 spiro atoms. The van der Waals surface area contributed by atoms with Crippen molar-refractivity contribution in [3.8, 4) is 0 Å². The van der Waals surface area contributed by atoms with Crippen LogP contribution >= 0.6 is 0 Å². The highest BCUT2D eigenvalue weighted by atomic mass is 16.5. The smallest absolute Gasteiger partial charge is 0.326 e. The summed E-state index contributed by atoms with van der Waals surface area (Å²) >= 11 is 0. The van der Waals surface area contributed by atoms with Crippen molar-refractivity contribution in [1.82, 2.24) is 15.8 Å². The molecule has 3 rings (SSSR count). The van der Waals surface area contributed by atoms with Crippen LogP contribution in [-0.4, -0.2) is 47.6 Å². The van der Waals surface area contributed by atoms with Crippen molar-refractivity contribution in [2.24, 2.45) is 11.8 Å². The van der Waals surface area contributed by atoms with Crippen molar-refractivity contribution in [3.05, 3.63) is 24.2 Å². The molecule has 2 heterocycles. The van der Waals surface area contributed by atoms with E-state index in [2.05, 4.69) is 10.9 Å². The first kappa shape index (κ1) is 18.6. The Bertz CT molecular complexity index is 735. The lowest BCUT2D eigenvalue weighted by Gasteiger charge is -2.19. The van der Waals surface area contributed by atoms with Crippen LogP contribution in [0, 0.1) is 11.8 Å². The Hall–Kier alpha value is -3.17. The zero-order valence-electron chi connectivity index (χ0n) is 14.4. The van der Waals surface area contributed by atoms with Crippen LogP contribution in [0.4, 0.5) is 0 Å². The summed E-state index contributed by atoms with van der Waals surface area (Å²) in [6.45, 7) is -1.18. The van der Waals surface area contributed by atoms with Crippen LogP contribution in [0.5, 0.6) is 0 Å². The number of likely N-dealkylation sites (tertiary alicyclic amines) is 1. The molecule has 1 saturated heterocycles. The second-order valence-electron chi connectivity index (χ2n) is 6.40. The summed E-state index contributed by atoms with van der Waals surface area (Å²) in [5, 5.41) is 0. The van der Waals surface area contributed by atoms with Gasteiger partial charge < -0.3 is 9.15 Å². The zero-order valence-corrected chi connectivity index (χ0v) is 14.4. The maximum Gasteiger partial charge on any atom is 0.326 e. The quantitative estimate of drug-likeness (QED) is 0.411. The van der Waals surface area contributed by atoms with Crippen LogP contribution in [0.2, 0.25) is 0 Å². The number of hydrogen-bond donors (Lipinski definition) is 2. The standard InChI is InChI=1S/C17H19N3O7/c21-13(18-19-15(23)12-6-3-7-26-12)9-27-14(22)8-20-16(24)10-4-1-2-5-11(10)17(20)25/h3,6-7,10-11H,1-2,4-5,8-9H2,(H,18,21)(H,19,23)/t10-,11-/m0/s1. The van der Waals surface area contributed by atoms with Gasteiger partial charge >= 0.3 is 11.9 Å². The van der Waals surface area contributed by atoms with Crippen LogP contribution in [0.3, 0.4) is 0 Å². The molecule has 1 aromatic heterocycles. The average molecular weight is 377 g/mol. The Morgan fingerprint density at radius 3 is 2.37 bits per heavy atom. The number of nitrogens with one attached hydrogen (secondary N) is 2. The van der Waals surface area contributed by atoms with Crippen LogP contribution < -0.4 is 10.9 Å². The molecule has 144 valence electrons. The Balaban J connectivity index is 1.41. The predicted molar refractivity (Wildman–Crippen MR) is 87.4 cm³/mol. The summed E-state index contributed by atoms with van der Waals surface area (Å²) in [6.07, 6.45) is 4.39. The van der Waals surface area contributed by atoms with Crippen molar-refractivity contribution in [2.75, 3.05) is 13.2 Å². The molecule has 2 atom stereocenters. The molecule has 0 radical (unpaired) electrons. The molecule has 10 nitrogen and oxygen atoms in total. The third-order valence-corrected chi connectivity index (χ3v) is 4.64. The molecule has 2 N–H and O–H groups in total. The highest BCUT2D eigenvalue weighted by Gasteiger charge is 2.48. The number of carbonyl (C=O) groups is 5. The van der Waals surface area contributed by atoms with E-state index in [1.807, 2.05) is 0 Å². The Labute approximate surface area is 154 Å². The van der Waals surface area contributed by atoms with Gasteiger partial charge in [-0.15, -0.1) is 0 Å². The topological polar surface area (TPSA) is 135 Å². The summed E-state index contributed by atoms with van der Waals surface area (Å²) in [5.41, 5.74) is 4.14. The second-order valence-corrected chi connectivity index (χ2v) is 6.40. The average Bonchev–Trinajstić information content (AvgIpc) is 3.29. The lowest BCUT2D eigenvalue weighted by atomic mass is 9.81. The fourth-order valence-electron chi connectivity index (χ4n) is 3.34. The number of carbonyl (C=O) groups excluding carboxylic acids is 5. The molecule has 1 saturated carbocycles. The van der Waals surface area contributed by atoms with Crippen molar-refractivity contribution < 1.29 is 33.1 Å². The number of fused-ring (bicyclic) bond motifs is 1. The first-order valence-electron chi connectivity index (χ1n) is 8.61. The van der Waals surface area contributed by atoms with Crippen LogP contribution in [-0.2, 0) is 23.9 Å². The van der Waals surface area contributed by atoms with Gasteiger partial charge in [0.05, 0.1) is 18.1 Å². The SMILES string of the molecule is O=C(COC(=O)CN1C(=O)[C@H]2CCCC[C@@H]2C1=O)NNC(=O)c1ccco1. The molecule has 1 aliphatic carbocycles. The van der Waals surface area contributed by atoms with E-state index in [0.29, 0.717) is 12.8 Å². The van der Waals surface area contributed by atoms with E-state index in [4.69, 9.17) is 9.15 Å². The molecule has 1 aromatic rings. The number of esters is 1. The number of hydrogen-bond acceptors (Lipinski definition) is 7. The number of rotatable bonds is 5. The normalized spacial score (nSPS) is 21.6. The molecule has 2 fully saturated rings. The first-order chi connectivity index (χ1) is 13.0. The van der Waals surface area contributed by atoms with Crippen LogP contribution in [0.25, 0.3) is 0 Å². The van der Waals surface area contributed by atoms with Gasteiger partial charge in [-0.1, -0.05) is 12.8 Å². The van der Waals surface area contributed by atoms with Gasteiger partial charge in [0.1, 0.15) is 6.54 Å².